The Morgan fingerprint density at radius 3 is 2.56 bits per heavy atom. The first-order chi connectivity index (χ1) is 12.9. The predicted octanol–water partition coefficient (Wildman–Crippen LogP) is 3.54. The molecule has 0 radical (unpaired) electrons. The number of nitrogens with one attached hydrogen (secondary N) is 2. The number of carbonyl (C=O) groups is 1. The average molecular weight is 386 g/mol. The average Bonchev–Trinajstić information content (AvgIpc) is 3.15. The highest BCUT2D eigenvalue weighted by atomic mass is 32.2. The van der Waals surface area contributed by atoms with Crippen molar-refractivity contribution < 1.29 is 22.4 Å². The molecule has 8 heteroatoms. The second kappa shape index (κ2) is 7.65. The van der Waals surface area contributed by atoms with Gasteiger partial charge < -0.3 is 14.5 Å². The molecule has 1 heterocycles. The van der Waals surface area contributed by atoms with Crippen LogP contribution in [0, 0.1) is 6.92 Å². The fourth-order valence-corrected chi connectivity index (χ4v) is 2.98. The van der Waals surface area contributed by atoms with Crippen LogP contribution in [0.15, 0.2) is 70.2 Å². The van der Waals surface area contributed by atoms with Gasteiger partial charge in [-0.2, -0.15) is 0 Å². The van der Waals surface area contributed by atoms with Gasteiger partial charge >= 0.3 is 0 Å². The molecule has 0 aliphatic rings. The minimum absolute atomic E-state index is 0.130. The number of hydrogen-bond acceptors (Lipinski definition) is 5. The minimum atomic E-state index is -3.76. The molecule has 1 aromatic heterocycles. The van der Waals surface area contributed by atoms with Crippen molar-refractivity contribution in [1.29, 1.82) is 0 Å². The number of sulfonamides is 1. The largest absolute Gasteiger partial charge is 0.455 e. The van der Waals surface area contributed by atoms with Crippen molar-refractivity contribution in [2.75, 3.05) is 12.4 Å². The molecule has 7 nitrogen and oxygen atoms in total. The summed E-state index contributed by atoms with van der Waals surface area (Å²) in [6.45, 7) is 1.95. The molecular weight excluding hydrogens is 368 g/mol. The van der Waals surface area contributed by atoms with Crippen molar-refractivity contribution in [1.82, 2.24) is 4.72 Å². The molecule has 2 N–H and O–H groups in total. The number of furan rings is 1. The zero-order valence-electron chi connectivity index (χ0n) is 14.7. The lowest BCUT2D eigenvalue weighted by Gasteiger charge is -2.12. The smallest absolute Gasteiger partial charge is 0.291 e. The summed E-state index contributed by atoms with van der Waals surface area (Å²) >= 11 is 0. The number of anilines is 1. The Morgan fingerprint density at radius 2 is 1.81 bits per heavy atom. The maximum atomic E-state index is 12.4. The third-order valence-electron chi connectivity index (χ3n) is 3.69. The summed E-state index contributed by atoms with van der Waals surface area (Å²) in [5, 5.41) is 2.34. The summed E-state index contributed by atoms with van der Waals surface area (Å²) in [6, 6.07) is 17.0. The van der Waals surface area contributed by atoms with Gasteiger partial charge in [0, 0.05) is 0 Å². The first-order valence-electron chi connectivity index (χ1n) is 8.07. The molecule has 2 aromatic carbocycles. The molecule has 3 aromatic rings. The van der Waals surface area contributed by atoms with E-state index in [0.29, 0.717) is 17.2 Å². The van der Waals surface area contributed by atoms with Crippen molar-refractivity contribution in [2.45, 2.75) is 12.0 Å². The molecule has 0 spiro atoms. The van der Waals surface area contributed by atoms with Crippen LogP contribution in [0.25, 0.3) is 0 Å². The number of hydrogen-bond donors (Lipinski definition) is 2. The second-order valence-electron chi connectivity index (χ2n) is 5.70. The normalized spacial score (nSPS) is 11.2. The van der Waals surface area contributed by atoms with Gasteiger partial charge in [0.05, 0.1) is 5.69 Å². The molecule has 140 valence electrons. The summed E-state index contributed by atoms with van der Waals surface area (Å²) in [7, 11) is -2.50. The van der Waals surface area contributed by atoms with E-state index in [2.05, 4.69) is 10.0 Å². The maximum Gasteiger partial charge on any atom is 0.291 e. The van der Waals surface area contributed by atoms with Gasteiger partial charge in [-0.05, 0) is 55.9 Å². The highest BCUT2D eigenvalue weighted by Gasteiger charge is 2.20. The van der Waals surface area contributed by atoms with E-state index in [4.69, 9.17) is 9.15 Å². The first-order valence-corrected chi connectivity index (χ1v) is 9.55. The van der Waals surface area contributed by atoms with Crippen molar-refractivity contribution in [3.05, 3.63) is 72.0 Å². The number of amides is 1. The van der Waals surface area contributed by atoms with E-state index in [1.807, 2.05) is 31.2 Å². The molecule has 0 saturated carbocycles. The zero-order valence-corrected chi connectivity index (χ0v) is 15.5. The Bertz CT molecular complexity index is 1070. The van der Waals surface area contributed by atoms with Gasteiger partial charge in [-0.15, -0.1) is 0 Å². The van der Waals surface area contributed by atoms with Gasteiger partial charge in [0.25, 0.3) is 15.9 Å². The van der Waals surface area contributed by atoms with Crippen molar-refractivity contribution in [3.8, 4) is 11.5 Å². The Hall–Kier alpha value is -3.10. The predicted molar refractivity (Wildman–Crippen MR) is 101 cm³/mol. The maximum absolute atomic E-state index is 12.4. The molecule has 0 saturated heterocycles. The number of aryl methyl sites for hydroxylation is 1. The number of ether oxygens (including phenoxy) is 1. The van der Waals surface area contributed by atoms with Crippen LogP contribution in [0.3, 0.4) is 0 Å². The van der Waals surface area contributed by atoms with E-state index < -0.39 is 15.9 Å². The Morgan fingerprint density at radius 1 is 1.04 bits per heavy atom. The fourth-order valence-electron chi connectivity index (χ4n) is 2.34. The summed E-state index contributed by atoms with van der Waals surface area (Å²) in [6.07, 6.45) is 0. The van der Waals surface area contributed by atoms with E-state index in [-0.39, 0.29) is 10.9 Å². The molecule has 27 heavy (non-hydrogen) atoms. The summed E-state index contributed by atoms with van der Waals surface area (Å²) < 4.78 is 36.6. The van der Waals surface area contributed by atoms with Gasteiger partial charge in [-0.25, -0.2) is 13.1 Å². The lowest BCUT2D eigenvalue weighted by Crippen LogP contribution is -2.18. The standard InChI is InChI=1S/C19H18N2O5S/c1-13-6-5-7-14(12-13)25-16-9-4-3-8-15(16)21-19(22)17-10-11-18(26-17)27(23,24)20-2/h3-12,20H,1-2H3,(H,21,22). The number of rotatable bonds is 6. The Kier molecular flexibility index (Phi) is 5.29. The van der Waals surface area contributed by atoms with Gasteiger partial charge in [-0.1, -0.05) is 24.3 Å². The van der Waals surface area contributed by atoms with Crippen LogP contribution in [-0.4, -0.2) is 21.4 Å². The fraction of sp³-hybridized carbons (Fsp3) is 0.105. The van der Waals surface area contributed by atoms with Gasteiger partial charge in [0.1, 0.15) is 5.75 Å². The van der Waals surface area contributed by atoms with Gasteiger partial charge in [0.2, 0.25) is 5.09 Å². The lowest BCUT2D eigenvalue weighted by atomic mass is 10.2. The van der Waals surface area contributed by atoms with Crippen LogP contribution < -0.4 is 14.8 Å². The van der Waals surface area contributed by atoms with E-state index in [0.717, 1.165) is 5.56 Å². The molecule has 3 rings (SSSR count). The van der Waals surface area contributed by atoms with Crippen LogP contribution in [0.1, 0.15) is 16.1 Å². The first kappa shape index (κ1) is 18.7. The number of para-hydroxylation sites is 2. The molecule has 0 atom stereocenters. The second-order valence-corrected chi connectivity index (χ2v) is 7.51. The topological polar surface area (TPSA) is 97.6 Å². The molecule has 0 aliphatic heterocycles. The van der Waals surface area contributed by atoms with E-state index in [1.165, 1.54) is 19.2 Å². The van der Waals surface area contributed by atoms with Gasteiger partial charge in [0.15, 0.2) is 11.5 Å². The highest BCUT2D eigenvalue weighted by Crippen LogP contribution is 2.30. The molecule has 1 amide bonds. The molecule has 0 fully saturated rings. The van der Waals surface area contributed by atoms with Crippen LogP contribution in [0.4, 0.5) is 5.69 Å². The summed E-state index contributed by atoms with van der Waals surface area (Å²) in [5.74, 6) is 0.366. The van der Waals surface area contributed by atoms with Crippen LogP contribution in [0.5, 0.6) is 11.5 Å². The molecule has 0 bridgehead atoms. The Labute approximate surface area is 157 Å². The summed E-state index contributed by atoms with van der Waals surface area (Å²) in [4.78, 5) is 12.4. The van der Waals surface area contributed by atoms with Crippen LogP contribution >= 0.6 is 0 Å². The van der Waals surface area contributed by atoms with Crippen LogP contribution in [0.2, 0.25) is 0 Å². The van der Waals surface area contributed by atoms with Crippen molar-refractivity contribution >= 4 is 21.6 Å². The summed E-state index contributed by atoms with van der Waals surface area (Å²) in [5.41, 5.74) is 1.47. The third-order valence-corrected chi connectivity index (χ3v) is 4.98. The molecular formula is C19H18N2O5S. The van der Waals surface area contributed by atoms with E-state index >= 15 is 0 Å². The van der Waals surface area contributed by atoms with E-state index in [1.54, 1.807) is 24.3 Å². The minimum Gasteiger partial charge on any atom is -0.455 e. The number of benzene rings is 2. The van der Waals surface area contributed by atoms with Crippen LogP contribution in [-0.2, 0) is 10.0 Å². The highest BCUT2D eigenvalue weighted by molar-refractivity contribution is 7.89. The number of carbonyl (C=O) groups excluding carboxylic acids is 1. The Balaban J connectivity index is 1.81. The zero-order chi connectivity index (χ0) is 19.4. The molecule has 0 aliphatic carbocycles. The lowest BCUT2D eigenvalue weighted by molar-refractivity contribution is 0.0991. The van der Waals surface area contributed by atoms with E-state index in [9.17, 15) is 13.2 Å². The SMILES string of the molecule is CNS(=O)(=O)c1ccc(C(=O)Nc2ccccc2Oc2cccc(C)c2)o1. The van der Waals surface area contributed by atoms with Gasteiger partial charge in [-0.3, -0.25) is 4.79 Å². The monoisotopic (exact) mass is 386 g/mol. The van der Waals surface area contributed by atoms with Crippen molar-refractivity contribution in [3.63, 3.8) is 0 Å². The quantitative estimate of drug-likeness (QED) is 0.675. The third kappa shape index (κ3) is 4.36. The van der Waals surface area contributed by atoms with Crippen molar-refractivity contribution in [2.24, 2.45) is 0 Å². The molecule has 0 unspecified atom stereocenters.